The quantitative estimate of drug-likeness (QED) is 0.735. The van der Waals surface area contributed by atoms with Gasteiger partial charge in [-0.2, -0.15) is 0 Å². The van der Waals surface area contributed by atoms with Crippen LogP contribution >= 0.6 is 0 Å². The molecule has 2 nitrogen and oxygen atoms in total. The Morgan fingerprint density at radius 1 is 1.12 bits per heavy atom. The average Bonchev–Trinajstić information content (AvgIpc) is 2.39. The Hall–Kier alpha value is -0.0800. The number of hydrogen-bond donors (Lipinski definition) is 1. The maximum atomic E-state index is 3.46. The molecule has 0 aromatic heterocycles. The molecule has 1 rings (SSSR count). The fourth-order valence-electron chi connectivity index (χ4n) is 3.15. The Balaban J connectivity index is 2.35. The van der Waals surface area contributed by atoms with Gasteiger partial charge in [-0.3, -0.25) is 0 Å². The molecular weight excluding hydrogens is 208 g/mol. The van der Waals surface area contributed by atoms with E-state index in [-0.39, 0.29) is 0 Å². The third kappa shape index (κ3) is 4.26. The summed E-state index contributed by atoms with van der Waals surface area (Å²) in [4.78, 5) is 2.67. The molecule has 1 N–H and O–H groups in total. The van der Waals surface area contributed by atoms with E-state index in [9.17, 15) is 0 Å². The van der Waals surface area contributed by atoms with Gasteiger partial charge in [0.15, 0.2) is 0 Å². The largest absolute Gasteiger partial charge is 0.316 e. The van der Waals surface area contributed by atoms with Crippen LogP contribution in [0.25, 0.3) is 0 Å². The summed E-state index contributed by atoms with van der Waals surface area (Å²) in [5, 5.41) is 3.46. The molecule has 2 heteroatoms. The maximum absolute atomic E-state index is 3.46. The highest BCUT2D eigenvalue weighted by Crippen LogP contribution is 2.37. The summed E-state index contributed by atoms with van der Waals surface area (Å²) < 4.78 is 0. The summed E-state index contributed by atoms with van der Waals surface area (Å²) in [7, 11) is 2.10. The summed E-state index contributed by atoms with van der Waals surface area (Å²) in [6.45, 7) is 10.9. The van der Waals surface area contributed by atoms with E-state index in [1.807, 2.05) is 0 Å². The average molecular weight is 240 g/mol. The predicted octanol–water partition coefficient (Wildman–Crippen LogP) is 3.28. The van der Waals surface area contributed by atoms with E-state index in [0.717, 1.165) is 0 Å². The molecule has 0 aliphatic carbocycles. The molecule has 1 heterocycles. The fourth-order valence-corrected chi connectivity index (χ4v) is 3.15. The normalized spacial score (nSPS) is 22.6. The number of nitrogens with zero attached hydrogens (tertiary/aromatic N) is 1. The second-order valence-corrected chi connectivity index (χ2v) is 5.78. The Kier molecular flexibility index (Phi) is 6.50. The smallest absolute Gasteiger partial charge is 0.0191 e. The molecular formula is C15H32N2. The molecule has 1 aliphatic rings. The van der Waals surface area contributed by atoms with Gasteiger partial charge in [0.05, 0.1) is 0 Å². The zero-order valence-electron chi connectivity index (χ0n) is 12.4. The molecule has 1 fully saturated rings. The van der Waals surface area contributed by atoms with Crippen LogP contribution in [-0.2, 0) is 0 Å². The number of hydrogen-bond acceptors (Lipinski definition) is 2. The van der Waals surface area contributed by atoms with Gasteiger partial charge in [-0.25, -0.2) is 0 Å². The lowest BCUT2D eigenvalue weighted by atomic mass is 9.74. The van der Waals surface area contributed by atoms with Crippen LogP contribution in [0, 0.1) is 5.41 Å². The molecule has 0 bridgehead atoms. The monoisotopic (exact) mass is 240 g/mol. The van der Waals surface area contributed by atoms with Crippen molar-refractivity contribution in [3.8, 4) is 0 Å². The minimum atomic E-state index is 0.663. The first kappa shape index (κ1) is 15.0. The molecule has 1 aliphatic heterocycles. The van der Waals surface area contributed by atoms with Crippen LogP contribution in [0.1, 0.15) is 59.3 Å². The highest BCUT2D eigenvalue weighted by Gasteiger charge is 2.31. The molecule has 1 atom stereocenters. The van der Waals surface area contributed by atoms with Crippen molar-refractivity contribution in [3.63, 3.8) is 0 Å². The first-order valence-corrected chi connectivity index (χ1v) is 7.59. The summed E-state index contributed by atoms with van der Waals surface area (Å²) in [5.74, 6) is 0. The number of nitrogens with one attached hydrogen (secondary N) is 1. The standard InChI is InChI=1S/C15H32N2/c1-5-8-14(16-4)13-17-11-9-15(6-2,7-3)10-12-17/h14,16H,5-13H2,1-4H3. The van der Waals surface area contributed by atoms with Crippen molar-refractivity contribution in [3.05, 3.63) is 0 Å². The zero-order chi connectivity index (χ0) is 12.7. The Bertz CT molecular complexity index is 189. The SMILES string of the molecule is CCCC(CN1CCC(CC)(CC)CC1)NC. The van der Waals surface area contributed by atoms with Crippen molar-refractivity contribution in [1.29, 1.82) is 0 Å². The van der Waals surface area contributed by atoms with E-state index in [1.54, 1.807) is 0 Å². The lowest BCUT2D eigenvalue weighted by Crippen LogP contribution is -2.45. The molecule has 0 aromatic carbocycles. The van der Waals surface area contributed by atoms with Crippen LogP contribution in [0.2, 0.25) is 0 Å². The van der Waals surface area contributed by atoms with Crippen LogP contribution in [0.5, 0.6) is 0 Å². The molecule has 0 radical (unpaired) electrons. The maximum Gasteiger partial charge on any atom is 0.0191 e. The number of likely N-dealkylation sites (tertiary alicyclic amines) is 1. The van der Waals surface area contributed by atoms with Crippen molar-refractivity contribution in [2.45, 2.75) is 65.3 Å². The summed E-state index contributed by atoms with van der Waals surface area (Å²) in [6, 6.07) is 0.691. The summed E-state index contributed by atoms with van der Waals surface area (Å²) >= 11 is 0. The van der Waals surface area contributed by atoms with E-state index in [4.69, 9.17) is 0 Å². The van der Waals surface area contributed by atoms with Gasteiger partial charge in [0, 0.05) is 12.6 Å². The lowest BCUT2D eigenvalue weighted by molar-refractivity contribution is 0.0883. The van der Waals surface area contributed by atoms with Gasteiger partial charge in [-0.05, 0) is 44.8 Å². The van der Waals surface area contributed by atoms with Crippen LogP contribution in [-0.4, -0.2) is 37.6 Å². The molecule has 0 spiro atoms. The third-order valence-electron chi connectivity index (χ3n) is 4.94. The Morgan fingerprint density at radius 2 is 1.71 bits per heavy atom. The van der Waals surface area contributed by atoms with Crippen molar-refractivity contribution in [2.24, 2.45) is 5.41 Å². The van der Waals surface area contributed by atoms with E-state index in [1.165, 1.54) is 58.2 Å². The highest BCUT2D eigenvalue weighted by atomic mass is 15.2. The van der Waals surface area contributed by atoms with Gasteiger partial charge >= 0.3 is 0 Å². The minimum Gasteiger partial charge on any atom is -0.316 e. The van der Waals surface area contributed by atoms with E-state index in [2.05, 4.69) is 38.0 Å². The molecule has 0 aromatic rings. The molecule has 102 valence electrons. The first-order chi connectivity index (χ1) is 8.19. The van der Waals surface area contributed by atoms with E-state index >= 15 is 0 Å². The van der Waals surface area contributed by atoms with E-state index in [0.29, 0.717) is 11.5 Å². The fraction of sp³-hybridized carbons (Fsp3) is 1.00. The van der Waals surface area contributed by atoms with Gasteiger partial charge < -0.3 is 10.2 Å². The van der Waals surface area contributed by atoms with Gasteiger partial charge in [0.2, 0.25) is 0 Å². The van der Waals surface area contributed by atoms with Gasteiger partial charge in [0.1, 0.15) is 0 Å². The first-order valence-electron chi connectivity index (χ1n) is 7.59. The van der Waals surface area contributed by atoms with Crippen molar-refractivity contribution >= 4 is 0 Å². The van der Waals surface area contributed by atoms with Gasteiger partial charge in [-0.15, -0.1) is 0 Å². The van der Waals surface area contributed by atoms with Gasteiger partial charge in [0.25, 0.3) is 0 Å². The number of likely N-dealkylation sites (N-methyl/N-ethyl adjacent to an activating group) is 1. The van der Waals surface area contributed by atoms with Crippen LogP contribution < -0.4 is 5.32 Å². The summed E-state index contributed by atoms with van der Waals surface area (Å²) in [6.07, 6.45) is 8.13. The summed E-state index contributed by atoms with van der Waals surface area (Å²) in [5.41, 5.74) is 0.663. The second-order valence-electron chi connectivity index (χ2n) is 5.78. The lowest BCUT2D eigenvalue weighted by Gasteiger charge is -2.42. The molecule has 0 saturated carbocycles. The second kappa shape index (κ2) is 7.38. The van der Waals surface area contributed by atoms with Crippen molar-refractivity contribution in [2.75, 3.05) is 26.7 Å². The van der Waals surface area contributed by atoms with Crippen LogP contribution in [0.15, 0.2) is 0 Å². The molecule has 1 unspecified atom stereocenters. The van der Waals surface area contributed by atoms with E-state index < -0.39 is 0 Å². The number of piperidine rings is 1. The molecule has 0 amide bonds. The highest BCUT2D eigenvalue weighted by molar-refractivity contribution is 4.85. The Labute approximate surface area is 108 Å². The van der Waals surface area contributed by atoms with Gasteiger partial charge in [-0.1, -0.05) is 40.0 Å². The van der Waals surface area contributed by atoms with Crippen LogP contribution in [0.4, 0.5) is 0 Å². The van der Waals surface area contributed by atoms with Crippen molar-refractivity contribution < 1.29 is 0 Å². The minimum absolute atomic E-state index is 0.663. The Morgan fingerprint density at radius 3 is 2.12 bits per heavy atom. The third-order valence-corrected chi connectivity index (χ3v) is 4.94. The van der Waals surface area contributed by atoms with Crippen molar-refractivity contribution in [1.82, 2.24) is 10.2 Å². The predicted molar refractivity (Wildman–Crippen MR) is 76.4 cm³/mol. The topological polar surface area (TPSA) is 15.3 Å². The van der Waals surface area contributed by atoms with Crippen LogP contribution in [0.3, 0.4) is 0 Å². The molecule has 1 saturated heterocycles. The number of rotatable bonds is 7. The zero-order valence-corrected chi connectivity index (χ0v) is 12.4. The molecule has 17 heavy (non-hydrogen) atoms.